The minimum absolute atomic E-state index is 0.00256. The van der Waals surface area contributed by atoms with Gasteiger partial charge < -0.3 is 14.8 Å². The summed E-state index contributed by atoms with van der Waals surface area (Å²) in [5.74, 6) is 1.84. The number of aromatic nitrogens is 3. The maximum Gasteiger partial charge on any atom is 0.169 e. The van der Waals surface area contributed by atoms with Gasteiger partial charge in [-0.2, -0.15) is 0 Å². The molecule has 1 atom stereocenters. The van der Waals surface area contributed by atoms with E-state index in [2.05, 4.69) is 22.1 Å². The van der Waals surface area contributed by atoms with Crippen LogP contribution in [0.1, 0.15) is 22.6 Å². The summed E-state index contributed by atoms with van der Waals surface area (Å²) < 4.78 is 28.0. The van der Waals surface area contributed by atoms with Crippen molar-refractivity contribution in [2.75, 3.05) is 18.5 Å². The highest BCUT2D eigenvalue weighted by Gasteiger charge is 2.31. The first-order chi connectivity index (χ1) is 12.3. The number of anilines is 1. The third kappa shape index (κ3) is 2.02. The van der Waals surface area contributed by atoms with Crippen LogP contribution in [0.5, 0.6) is 11.5 Å². The van der Waals surface area contributed by atoms with Crippen molar-refractivity contribution in [1.82, 2.24) is 14.6 Å². The van der Waals surface area contributed by atoms with E-state index >= 15 is 0 Å². The molecule has 25 heavy (non-hydrogen) atoms. The van der Waals surface area contributed by atoms with Gasteiger partial charge >= 0.3 is 0 Å². The Kier molecular flexibility index (Phi) is 2.97. The van der Waals surface area contributed by atoms with Crippen molar-refractivity contribution in [2.45, 2.75) is 12.5 Å². The lowest BCUT2D eigenvalue weighted by Crippen LogP contribution is -2.13. The molecule has 2 aliphatic heterocycles. The van der Waals surface area contributed by atoms with Gasteiger partial charge in [-0.1, -0.05) is 12.7 Å². The number of hydrogen-bond acceptors (Lipinski definition) is 5. The maximum atomic E-state index is 14.5. The first-order valence-electron chi connectivity index (χ1n) is 8.06. The van der Waals surface area contributed by atoms with Gasteiger partial charge in [0.15, 0.2) is 17.2 Å². The fourth-order valence-corrected chi connectivity index (χ4v) is 3.56. The Balaban J connectivity index is 1.69. The molecule has 1 aromatic carbocycles. The predicted molar refractivity (Wildman–Crippen MR) is 90.5 cm³/mol. The molecule has 0 radical (unpaired) electrons. The van der Waals surface area contributed by atoms with Crippen LogP contribution in [-0.4, -0.2) is 27.8 Å². The molecule has 0 bridgehead atoms. The normalized spacial score (nSPS) is 18.0. The Morgan fingerprint density at radius 2 is 2.12 bits per heavy atom. The number of pyridine rings is 1. The van der Waals surface area contributed by atoms with E-state index in [9.17, 15) is 4.39 Å². The second kappa shape index (κ2) is 5.20. The summed E-state index contributed by atoms with van der Waals surface area (Å²) in [6.07, 6.45) is 3.32. The van der Waals surface area contributed by atoms with Crippen LogP contribution in [0, 0.1) is 5.82 Å². The van der Waals surface area contributed by atoms with E-state index in [4.69, 9.17) is 9.47 Å². The van der Waals surface area contributed by atoms with Crippen molar-refractivity contribution >= 4 is 17.5 Å². The Morgan fingerprint density at radius 1 is 1.28 bits per heavy atom. The zero-order chi connectivity index (χ0) is 17.0. The van der Waals surface area contributed by atoms with E-state index < -0.39 is 0 Å². The van der Waals surface area contributed by atoms with Crippen LogP contribution in [0.15, 0.2) is 31.1 Å². The monoisotopic (exact) mass is 338 g/mol. The molecule has 126 valence electrons. The molecular formula is C18H15FN4O2. The number of rotatable bonds is 1. The van der Waals surface area contributed by atoms with Gasteiger partial charge in [0.25, 0.3) is 0 Å². The summed E-state index contributed by atoms with van der Waals surface area (Å²) in [6.45, 7) is 5.05. The zero-order valence-corrected chi connectivity index (χ0v) is 13.3. The SMILES string of the molecule is C=Cc1cc2c(n3cnnc13)NCc1c(F)ccc3c1C(CO3)CO2. The number of ether oxygens (including phenoxy) is 2. The summed E-state index contributed by atoms with van der Waals surface area (Å²) >= 11 is 0. The number of halogens is 1. The fraction of sp³-hybridized carbons (Fsp3) is 0.222. The van der Waals surface area contributed by atoms with Crippen molar-refractivity contribution in [3.05, 3.63) is 53.6 Å². The first kappa shape index (κ1) is 14.3. The lowest BCUT2D eigenvalue weighted by atomic mass is 9.96. The summed E-state index contributed by atoms with van der Waals surface area (Å²) in [7, 11) is 0. The number of nitrogens with zero attached hydrogens (tertiary/aromatic N) is 3. The number of hydrogen-bond donors (Lipinski definition) is 1. The highest BCUT2D eigenvalue weighted by Crippen LogP contribution is 2.40. The van der Waals surface area contributed by atoms with Crippen molar-refractivity contribution in [3.8, 4) is 11.5 Å². The quantitative estimate of drug-likeness (QED) is 0.739. The molecule has 0 fully saturated rings. The number of nitrogens with one attached hydrogen (secondary N) is 1. The molecule has 0 spiro atoms. The molecule has 4 heterocycles. The summed E-state index contributed by atoms with van der Waals surface area (Å²) in [5.41, 5.74) is 3.00. The highest BCUT2D eigenvalue weighted by molar-refractivity contribution is 5.72. The topological polar surface area (TPSA) is 60.7 Å². The van der Waals surface area contributed by atoms with E-state index in [1.807, 2.05) is 6.07 Å². The van der Waals surface area contributed by atoms with Crippen LogP contribution < -0.4 is 14.8 Å². The summed E-state index contributed by atoms with van der Waals surface area (Å²) in [6, 6.07) is 5.02. The van der Waals surface area contributed by atoms with Crippen LogP contribution in [0.2, 0.25) is 0 Å². The van der Waals surface area contributed by atoms with E-state index in [-0.39, 0.29) is 11.7 Å². The molecule has 2 aromatic heterocycles. The molecule has 0 aliphatic carbocycles. The fourth-order valence-electron chi connectivity index (χ4n) is 3.56. The second-order valence-corrected chi connectivity index (χ2v) is 6.15. The van der Waals surface area contributed by atoms with Gasteiger partial charge in [-0.15, -0.1) is 10.2 Å². The van der Waals surface area contributed by atoms with Crippen LogP contribution in [0.4, 0.5) is 10.2 Å². The average Bonchev–Trinajstić information content (AvgIpc) is 3.26. The summed E-state index contributed by atoms with van der Waals surface area (Å²) in [5, 5.41) is 11.4. The molecule has 3 aromatic rings. The van der Waals surface area contributed by atoms with Crippen LogP contribution >= 0.6 is 0 Å². The van der Waals surface area contributed by atoms with Gasteiger partial charge in [0.1, 0.15) is 17.9 Å². The van der Waals surface area contributed by atoms with Crippen LogP contribution in [0.25, 0.3) is 11.7 Å². The molecule has 7 heteroatoms. The van der Waals surface area contributed by atoms with Crippen LogP contribution in [-0.2, 0) is 6.54 Å². The third-order valence-corrected chi connectivity index (χ3v) is 4.77. The number of fused-ring (bicyclic) bond motifs is 3. The molecule has 5 rings (SSSR count). The van der Waals surface area contributed by atoms with Crippen LogP contribution in [0.3, 0.4) is 0 Å². The van der Waals surface area contributed by atoms with Crippen molar-refractivity contribution in [2.24, 2.45) is 0 Å². The highest BCUT2D eigenvalue weighted by atomic mass is 19.1. The van der Waals surface area contributed by atoms with Gasteiger partial charge in [-0.05, 0) is 18.2 Å². The standard InChI is InChI=1S/C18H15FN4O2/c1-2-10-5-15-18(23-9-21-22-17(10)23)20-6-12-13(19)3-4-14-16(12)11(7-24-14)8-25-15/h2-5,9,11,20H,1,6-8H2. The largest absolute Gasteiger partial charge is 0.493 e. The summed E-state index contributed by atoms with van der Waals surface area (Å²) in [4.78, 5) is 0. The molecule has 0 amide bonds. The maximum absolute atomic E-state index is 14.5. The van der Waals surface area contributed by atoms with Crippen molar-refractivity contribution < 1.29 is 13.9 Å². The first-order valence-corrected chi connectivity index (χ1v) is 8.06. The molecular weight excluding hydrogens is 323 g/mol. The van der Waals surface area contributed by atoms with Gasteiger partial charge in [0, 0.05) is 23.2 Å². The molecule has 0 saturated carbocycles. The second-order valence-electron chi connectivity index (χ2n) is 6.15. The lowest BCUT2D eigenvalue weighted by Gasteiger charge is -2.15. The average molecular weight is 338 g/mol. The lowest BCUT2D eigenvalue weighted by molar-refractivity contribution is 0.249. The Morgan fingerprint density at radius 3 is 2.96 bits per heavy atom. The minimum atomic E-state index is -0.243. The molecule has 2 aliphatic rings. The van der Waals surface area contributed by atoms with Gasteiger partial charge in [0.05, 0.1) is 19.1 Å². The van der Waals surface area contributed by atoms with E-state index in [1.165, 1.54) is 6.07 Å². The van der Waals surface area contributed by atoms with E-state index in [0.29, 0.717) is 42.5 Å². The molecule has 1 N–H and O–H groups in total. The predicted octanol–water partition coefficient (Wildman–Crippen LogP) is 2.99. The smallest absolute Gasteiger partial charge is 0.169 e. The van der Waals surface area contributed by atoms with E-state index in [1.54, 1.807) is 22.9 Å². The Hall–Kier alpha value is -3.09. The van der Waals surface area contributed by atoms with Crippen molar-refractivity contribution in [3.63, 3.8) is 0 Å². The van der Waals surface area contributed by atoms with Gasteiger partial charge in [-0.25, -0.2) is 4.39 Å². The third-order valence-electron chi connectivity index (χ3n) is 4.77. The molecule has 0 saturated heterocycles. The Bertz CT molecular complexity index is 1010. The molecule has 1 unspecified atom stereocenters. The van der Waals surface area contributed by atoms with Gasteiger partial charge in [0.2, 0.25) is 0 Å². The van der Waals surface area contributed by atoms with Gasteiger partial charge in [-0.3, -0.25) is 4.40 Å². The molecule has 6 nitrogen and oxygen atoms in total. The van der Waals surface area contributed by atoms with Crippen molar-refractivity contribution in [1.29, 1.82) is 0 Å². The Labute approximate surface area is 142 Å². The number of benzene rings is 1. The van der Waals surface area contributed by atoms with E-state index in [0.717, 1.165) is 16.9 Å². The zero-order valence-electron chi connectivity index (χ0n) is 13.3. The minimum Gasteiger partial charge on any atom is -0.493 e.